The van der Waals surface area contributed by atoms with E-state index < -0.39 is 0 Å². The van der Waals surface area contributed by atoms with Crippen LogP contribution < -0.4 is 9.47 Å². The molecule has 6 heteroatoms. The van der Waals surface area contributed by atoms with E-state index in [1.165, 1.54) is 12.8 Å². The molecule has 0 bridgehead atoms. The molecule has 29 heavy (non-hydrogen) atoms. The summed E-state index contributed by atoms with van der Waals surface area (Å²) in [4.78, 5) is 15.8. The number of nitrogens with zero attached hydrogens (tertiary/aromatic N) is 1. The number of Topliss-reactive ketones (excluding diaryl/α,β-unsaturated/α-hetero) is 1. The minimum atomic E-state index is 0.204. The lowest BCUT2D eigenvalue weighted by atomic mass is 9.95. The van der Waals surface area contributed by atoms with Crippen molar-refractivity contribution in [3.05, 3.63) is 18.2 Å². The van der Waals surface area contributed by atoms with E-state index in [4.69, 9.17) is 14.2 Å². The number of ether oxygens (including phenoxy) is 3. The Morgan fingerprint density at radius 2 is 1.93 bits per heavy atom. The zero-order chi connectivity index (χ0) is 20.2. The number of thiazole rings is 1. The maximum atomic E-state index is 11.2. The number of fused-ring (bicyclic) bond motifs is 1. The van der Waals surface area contributed by atoms with Gasteiger partial charge in [-0.3, -0.25) is 0 Å². The van der Waals surface area contributed by atoms with Crippen LogP contribution in [0.5, 0.6) is 10.9 Å². The van der Waals surface area contributed by atoms with Crippen molar-refractivity contribution in [2.75, 3.05) is 13.2 Å². The lowest BCUT2D eigenvalue weighted by molar-refractivity contribution is -0.118. The Morgan fingerprint density at radius 1 is 1.17 bits per heavy atom. The summed E-state index contributed by atoms with van der Waals surface area (Å²) in [6.07, 6.45) is 7.65. The average molecular weight is 418 g/mol. The third-order valence-corrected chi connectivity index (χ3v) is 6.57. The topological polar surface area (TPSA) is 57.7 Å². The highest BCUT2D eigenvalue weighted by molar-refractivity contribution is 7.20. The molecule has 0 spiro atoms. The average Bonchev–Trinajstić information content (AvgIpc) is 3.44. The van der Waals surface area contributed by atoms with Crippen LogP contribution in [0.15, 0.2) is 18.2 Å². The first-order valence-electron chi connectivity index (χ1n) is 10.9. The Labute approximate surface area is 176 Å². The van der Waals surface area contributed by atoms with Crippen molar-refractivity contribution in [1.29, 1.82) is 0 Å². The molecule has 1 heterocycles. The van der Waals surface area contributed by atoms with Gasteiger partial charge in [-0.2, -0.15) is 0 Å². The second-order valence-corrected chi connectivity index (χ2v) is 9.72. The van der Waals surface area contributed by atoms with Gasteiger partial charge in [-0.1, -0.05) is 18.3 Å². The molecule has 1 aromatic heterocycles. The van der Waals surface area contributed by atoms with Gasteiger partial charge in [-0.05, 0) is 75.5 Å². The summed E-state index contributed by atoms with van der Waals surface area (Å²) in [5, 5.41) is 0.749. The number of rotatable bonds is 10. The summed E-state index contributed by atoms with van der Waals surface area (Å²) in [5.41, 5.74) is 0.972. The Bertz CT molecular complexity index is 823. The molecule has 2 fully saturated rings. The van der Waals surface area contributed by atoms with E-state index in [-0.39, 0.29) is 18.0 Å². The molecule has 4 rings (SSSR count). The molecule has 158 valence electrons. The fourth-order valence-corrected chi connectivity index (χ4v) is 4.74. The van der Waals surface area contributed by atoms with Gasteiger partial charge < -0.3 is 19.0 Å². The molecular formula is C23H31NO4S. The van der Waals surface area contributed by atoms with Crippen molar-refractivity contribution in [1.82, 2.24) is 4.98 Å². The van der Waals surface area contributed by atoms with Crippen LogP contribution in [0.3, 0.4) is 0 Å². The van der Waals surface area contributed by atoms with Crippen molar-refractivity contribution in [2.24, 2.45) is 11.8 Å². The first-order chi connectivity index (χ1) is 14.0. The lowest BCUT2D eigenvalue weighted by Gasteiger charge is -2.29. The first-order valence-corrected chi connectivity index (χ1v) is 11.7. The van der Waals surface area contributed by atoms with E-state index in [1.807, 2.05) is 12.1 Å². The zero-order valence-corrected chi connectivity index (χ0v) is 18.2. The highest BCUT2D eigenvalue weighted by atomic mass is 32.1. The van der Waals surface area contributed by atoms with Gasteiger partial charge in [0.25, 0.3) is 5.19 Å². The first kappa shape index (κ1) is 20.6. The molecule has 0 aliphatic heterocycles. The standard InChI is InChI=1S/C23H31NO4S/c1-15(11-16(2)25)13-26-18-5-7-19(8-6-18)28-23-24-21-10-9-20(12-22(21)29-23)27-14-17-3-4-17/h9-10,12,15,17-19H,3-8,11,13-14H2,1-2H3/t15-,18?,19?/m1/s1. The number of aromatic nitrogens is 1. The summed E-state index contributed by atoms with van der Waals surface area (Å²) in [6, 6.07) is 6.10. The fourth-order valence-electron chi connectivity index (χ4n) is 3.83. The van der Waals surface area contributed by atoms with Crippen molar-refractivity contribution >= 4 is 27.3 Å². The summed E-state index contributed by atoms with van der Waals surface area (Å²) < 4.78 is 19.2. The van der Waals surface area contributed by atoms with Gasteiger partial charge in [-0.15, -0.1) is 0 Å². The Balaban J connectivity index is 1.23. The molecule has 2 saturated carbocycles. The van der Waals surface area contributed by atoms with E-state index in [0.717, 1.165) is 59.4 Å². The summed E-state index contributed by atoms with van der Waals surface area (Å²) >= 11 is 1.60. The molecule has 0 saturated heterocycles. The van der Waals surface area contributed by atoms with Crippen molar-refractivity contribution in [2.45, 2.75) is 71.0 Å². The number of benzene rings is 1. The number of carbonyl (C=O) groups excluding carboxylic acids is 1. The van der Waals surface area contributed by atoms with E-state index in [0.29, 0.717) is 18.9 Å². The van der Waals surface area contributed by atoms with E-state index >= 15 is 0 Å². The van der Waals surface area contributed by atoms with Crippen LogP contribution in [0, 0.1) is 11.8 Å². The van der Waals surface area contributed by atoms with Crippen molar-refractivity contribution < 1.29 is 19.0 Å². The van der Waals surface area contributed by atoms with Gasteiger partial charge in [0.05, 0.1) is 22.9 Å². The Kier molecular flexibility index (Phi) is 6.70. The molecule has 0 unspecified atom stereocenters. The zero-order valence-electron chi connectivity index (χ0n) is 17.4. The number of carbonyl (C=O) groups is 1. The van der Waals surface area contributed by atoms with Crippen molar-refractivity contribution in [3.8, 4) is 10.9 Å². The quantitative estimate of drug-likeness (QED) is 0.517. The Morgan fingerprint density at radius 3 is 2.66 bits per heavy atom. The lowest BCUT2D eigenvalue weighted by Crippen LogP contribution is -2.29. The monoisotopic (exact) mass is 417 g/mol. The molecule has 5 nitrogen and oxygen atoms in total. The van der Waals surface area contributed by atoms with Gasteiger partial charge in [0.2, 0.25) is 0 Å². The van der Waals surface area contributed by atoms with Gasteiger partial charge in [0, 0.05) is 13.0 Å². The van der Waals surface area contributed by atoms with Crippen LogP contribution in [0.25, 0.3) is 10.2 Å². The van der Waals surface area contributed by atoms with Gasteiger partial charge in [0.15, 0.2) is 0 Å². The third-order valence-electron chi connectivity index (χ3n) is 5.66. The maximum Gasteiger partial charge on any atom is 0.274 e. The van der Waals surface area contributed by atoms with E-state index in [2.05, 4.69) is 18.0 Å². The highest BCUT2D eigenvalue weighted by Gasteiger charge is 2.25. The number of hydrogen-bond donors (Lipinski definition) is 0. The molecule has 2 aromatic rings. The van der Waals surface area contributed by atoms with E-state index in [9.17, 15) is 4.79 Å². The van der Waals surface area contributed by atoms with Crippen LogP contribution in [0.2, 0.25) is 0 Å². The summed E-state index contributed by atoms with van der Waals surface area (Å²) in [6.45, 7) is 5.21. The maximum absolute atomic E-state index is 11.2. The van der Waals surface area contributed by atoms with Gasteiger partial charge in [0.1, 0.15) is 17.6 Å². The summed E-state index contributed by atoms with van der Waals surface area (Å²) in [5.74, 6) is 2.21. The molecular weight excluding hydrogens is 386 g/mol. The molecule has 2 aliphatic rings. The molecule has 1 atom stereocenters. The molecule has 2 aliphatic carbocycles. The third kappa shape index (κ3) is 6.16. The highest BCUT2D eigenvalue weighted by Crippen LogP contribution is 2.34. The molecule has 0 amide bonds. The predicted octanol–water partition coefficient (Wildman–Crippen LogP) is 5.41. The van der Waals surface area contributed by atoms with Gasteiger partial charge >= 0.3 is 0 Å². The Hall–Kier alpha value is -1.66. The number of hydrogen-bond acceptors (Lipinski definition) is 6. The predicted molar refractivity (Wildman–Crippen MR) is 115 cm³/mol. The second-order valence-electron chi connectivity index (χ2n) is 8.72. The minimum Gasteiger partial charge on any atom is -0.493 e. The molecule has 1 aromatic carbocycles. The summed E-state index contributed by atoms with van der Waals surface area (Å²) in [7, 11) is 0. The normalized spacial score (nSPS) is 23.1. The van der Waals surface area contributed by atoms with Crippen LogP contribution in [-0.2, 0) is 9.53 Å². The number of ketones is 1. The van der Waals surface area contributed by atoms with Crippen LogP contribution >= 0.6 is 11.3 Å². The smallest absolute Gasteiger partial charge is 0.274 e. The second kappa shape index (κ2) is 9.43. The molecule has 0 radical (unpaired) electrons. The van der Waals surface area contributed by atoms with Gasteiger partial charge in [-0.25, -0.2) is 4.98 Å². The van der Waals surface area contributed by atoms with Crippen LogP contribution in [-0.4, -0.2) is 36.2 Å². The van der Waals surface area contributed by atoms with Crippen molar-refractivity contribution in [3.63, 3.8) is 0 Å². The van der Waals surface area contributed by atoms with Crippen LogP contribution in [0.4, 0.5) is 0 Å². The minimum absolute atomic E-state index is 0.204. The fraction of sp³-hybridized carbons (Fsp3) is 0.652. The molecule has 0 N–H and O–H groups in total. The SMILES string of the molecule is CC(=O)C[C@@H](C)COC1CCC(Oc2nc3ccc(OCC4CC4)cc3s2)CC1. The largest absolute Gasteiger partial charge is 0.493 e. The van der Waals surface area contributed by atoms with E-state index in [1.54, 1.807) is 18.3 Å². The van der Waals surface area contributed by atoms with Crippen LogP contribution in [0.1, 0.15) is 58.8 Å².